The Bertz CT molecular complexity index is 327. The normalized spacial score (nSPS) is 25.9. The Morgan fingerprint density at radius 2 is 2.54 bits per heavy atom. The van der Waals surface area contributed by atoms with E-state index < -0.39 is 5.97 Å². The topological polar surface area (TPSA) is 50.4 Å². The number of aliphatic carboxylic acids is 1. The highest BCUT2D eigenvalue weighted by molar-refractivity contribution is 5.68. The zero-order chi connectivity index (χ0) is 9.42. The fraction of sp³-hybridized carbons (Fsp3) is 0.500. The van der Waals surface area contributed by atoms with Crippen LogP contribution in [0.2, 0.25) is 0 Å². The van der Waals surface area contributed by atoms with Gasteiger partial charge in [-0.3, -0.25) is 4.79 Å². The lowest BCUT2D eigenvalue weighted by molar-refractivity contribution is -0.137. The van der Waals surface area contributed by atoms with Crippen LogP contribution in [-0.4, -0.2) is 11.1 Å². The summed E-state index contributed by atoms with van der Waals surface area (Å²) in [6.07, 6.45) is 2.77. The van der Waals surface area contributed by atoms with E-state index >= 15 is 0 Å². The first kappa shape index (κ1) is 8.35. The SMILES string of the molecule is CC1Cc2ccoc2C1CC(=O)O. The number of rotatable bonds is 2. The molecule has 1 aliphatic rings. The molecule has 2 atom stereocenters. The van der Waals surface area contributed by atoms with Crippen LogP contribution >= 0.6 is 0 Å². The highest BCUT2D eigenvalue weighted by Gasteiger charge is 2.33. The van der Waals surface area contributed by atoms with Crippen molar-refractivity contribution in [2.75, 3.05) is 0 Å². The van der Waals surface area contributed by atoms with E-state index in [4.69, 9.17) is 9.52 Å². The van der Waals surface area contributed by atoms with E-state index in [0.717, 1.165) is 12.2 Å². The summed E-state index contributed by atoms with van der Waals surface area (Å²) >= 11 is 0. The van der Waals surface area contributed by atoms with Crippen molar-refractivity contribution in [1.29, 1.82) is 0 Å². The first-order valence-electron chi connectivity index (χ1n) is 4.46. The van der Waals surface area contributed by atoms with E-state index in [0.29, 0.717) is 5.92 Å². The zero-order valence-electron chi connectivity index (χ0n) is 7.49. The average molecular weight is 180 g/mol. The first-order chi connectivity index (χ1) is 6.18. The lowest BCUT2D eigenvalue weighted by Crippen LogP contribution is -2.09. The third kappa shape index (κ3) is 1.34. The number of fused-ring (bicyclic) bond motifs is 1. The molecule has 0 bridgehead atoms. The molecule has 1 heterocycles. The average Bonchev–Trinajstić information content (AvgIpc) is 2.55. The van der Waals surface area contributed by atoms with Crippen LogP contribution in [-0.2, 0) is 11.2 Å². The van der Waals surface area contributed by atoms with Crippen molar-refractivity contribution in [3.63, 3.8) is 0 Å². The number of hydrogen-bond donors (Lipinski definition) is 1. The molecule has 0 fully saturated rings. The number of carboxylic acids is 1. The molecule has 1 aromatic rings. The van der Waals surface area contributed by atoms with Crippen LogP contribution in [0.25, 0.3) is 0 Å². The zero-order valence-corrected chi connectivity index (χ0v) is 7.49. The van der Waals surface area contributed by atoms with Crippen LogP contribution in [0.1, 0.15) is 30.6 Å². The van der Waals surface area contributed by atoms with E-state index in [1.165, 1.54) is 5.56 Å². The maximum atomic E-state index is 10.6. The Morgan fingerprint density at radius 1 is 1.77 bits per heavy atom. The third-order valence-electron chi connectivity index (χ3n) is 2.74. The van der Waals surface area contributed by atoms with Crippen molar-refractivity contribution in [3.8, 4) is 0 Å². The summed E-state index contributed by atoms with van der Waals surface area (Å²) in [5.41, 5.74) is 1.18. The van der Waals surface area contributed by atoms with Crippen LogP contribution in [0.5, 0.6) is 0 Å². The second-order valence-corrected chi connectivity index (χ2v) is 3.70. The minimum absolute atomic E-state index is 0.0718. The number of carbonyl (C=O) groups is 1. The summed E-state index contributed by atoms with van der Waals surface area (Å²) in [7, 11) is 0. The monoisotopic (exact) mass is 180 g/mol. The Labute approximate surface area is 76.4 Å². The van der Waals surface area contributed by atoms with Crippen molar-refractivity contribution in [2.45, 2.75) is 25.7 Å². The van der Waals surface area contributed by atoms with Gasteiger partial charge in [-0.05, 0) is 24.0 Å². The highest BCUT2D eigenvalue weighted by atomic mass is 16.4. The molecule has 1 aliphatic carbocycles. The van der Waals surface area contributed by atoms with E-state index in [-0.39, 0.29) is 12.3 Å². The summed E-state index contributed by atoms with van der Waals surface area (Å²) in [5.74, 6) is 0.601. The molecule has 3 nitrogen and oxygen atoms in total. The number of carboxylic acid groups (broad SMARTS) is 1. The van der Waals surface area contributed by atoms with Gasteiger partial charge in [0.15, 0.2) is 0 Å². The van der Waals surface area contributed by atoms with E-state index in [1.807, 2.05) is 6.07 Å². The van der Waals surface area contributed by atoms with Gasteiger partial charge in [-0.15, -0.1) is 0 Å². The summed E-state index contributed by atoms with van der Waals surface area (Å²) < 4.78 is 5.30. The van der Waals surface area contributed by atoms with Gasteiger partial charge in [0.1, 0.15) is 5.76 Å². The molecule has 0 saturated carbocycles. The predicted octanol–water partition coefficient (Wildman–Crippen LogP) is 2.03. The van der Waals surface area contributed by atoms with Crippen molar-refractivity contribution < 1.29 is 14.3 Å². The van der Waals surface area contributed by atoms with Crippen molar-refractivity contribution >= 4 is 5.97 Å². The molecule has 2 rings (SSSR count). The Kier molecular flexibility index (Phi) is 1.87. The quantitative estimate of drug-likeness (QED) is 0.757. The van der Waals surface area contributed by atoms with Gasteiger partial charge in [-0.25, -0.2) is 0 Å². The molecule has 0 radical (unpaired) electrons. The highest BCUT2D eigenvalue weighted by Crippen LogP contribution is 2.40. The van der Waals surface area contributed by atoms with Gasteiger partial charge in [0, 0.05) is 5.92 Å². The van der Waals surface area contributed by atoms with Crippen LogP contribution in [0.3, 0.4) is 0 Å². The van der Waals surface area contributed by atoms with Gasteiger partial charge in [-0.2, -0.15) is 0 Å². The van der Waals surface area contributed by atoms with Crippen LogP contribution < -0.4 is 0 Å². The van der Waals surface area contributed by atoms with Gasteiger partial charge >= 0.3 is 5.97 Å². The Balaban J connectivity index is 2.24. The maximum absolute atomic E-state index is 10.6. The molecule has 0 spiro atoms. The van der Waals surface area contributed by atoms with Gasteiger partial charge in [-0.1, -0.05) is 6.92 Å². The first-order valence-corrected chi connectivity index (χ1v) is 4.46. The van der Waals surface area contributed by atoms with Gasteiger partial charge < -0.3 is 9.52 Å². The number of furan rings is 1. The van der Waals surface area contributed by atoms with E-state index in [1.54, 1.807) is 6.26 Å². The molecule has 0 saturated heterocycles. The Morgan fingerprint density at radius 3 is 3.23 bits per heavy atom. The Hall–Kier alpha value is -1.25. The van der Waals surface area contributed by atoms with Crippen LogP contribution in [0.15, 0.2) is 16.7 Å². The van der Waals surface area contributed by atoms with Gasteiger partial charge in [0.2, 0.25) is 0 Å². The summed E-state index contributed by atoms with van der Waals surface area (Å²) in [6, 6.07) is 1.94. The molecule has 3 heteroatoms. The predicted molar refractivity (Wildman–Crippen MR) is 46.6 cm³/mol. The molecule has 0 aliphatic heterocycles. The van der Waals surface area contributed by atoms with Gasteiger partial charge in [0.25, 0.3) is 0 Å². The summed E-state index contributed by atoms with van der Waals surface area (Å²) in [6.45, 7) is 2.07. The molecule has 1 N–H and O–H groups in total. The summed E-state index contributed by atoms with van der Waals surface area (Å²) in [5, 5.41) is 8.71. The molecule has 13 heavy (non-hydrogen) atoms. The minimum Gasteiger partial charge on any atom is -0.481 e. The van der Waals surface area contributed by atoms with E-state index in [9.17, 15) is 4.79 Å². The minimum atomic E-state index is -0.749. The largest absolute Gasteiger partial charge is 0.481 e. The molecule has 70 valence electrons. The van der Waals surface area contributed by atoms with Gasteiger partial charge in [0.05, 0.1) is 12.7 Å². The molecule has 2 unspecified atom stereocenters. The second-order valence-electron chi connectivity index (χ2n) is 3.70. The fourth-order valence-corrected chi connectivity index (χ4v) is 2.07. The lowest BCUT2D eigenvalue weighted by atomic mass is 9.94. The van der Waals surface area contributed by atoms with Crippen molar-refractivity contribution in [2.24, 2.45) is 5.92 Å². The van der Waals surface area contributed by atoms with Crippen LogP contribution in [0.4, 0.5) is 0 Å². The molecular weight excluding hydrogens is 168 g/mol. The fourth-order valence-electron chi connectivity index (χ4n) is 2.07. The standard InChI is InChI=1S/C10H12O3/c1-6-4-7-2-3-13-10(7)8(6)5-9(11)12/h2-3,6,8H,4-5H2,1H3,(H,11,12). The second kappa shape index (κ2) is 2.91. The molecule has 0 amide bonds. The molecule has 1 aromatic heterocycles. The van der Waals surface area contributed by atoms with Crippen molar-refractivity contribution in [3.05, 3.63) is 23.7 Å². The van der Waals surface area contributed by atoms with Crippen LogP contribution in [0, 0.1) is 5.92 Å². The number of hydrogen-bond acceptors (Lipinski definition) is 2. The molecule has 0 aromatic carbocycles. The summed E-state index contributed by atoms with van der Waals surface area (Å²) in [4.78, 5) is 10.6. The van der Waals surface area contributed by atoms with E-state index in [2.05, 4.69) is 6.92 Å². The third-order valence-corrected chi connectivity index (χ3v) is 2.74. The van der Waals surface area contributed by atoms with Crippen molar-refractivity contribution in [1.82, 2.24) is 0 Å². The molecular formula is C10H12O3. The lowest BCUT2D eigenvalue weighted by Gasteiger charge is -2.11. The smallest absolute Gasteiger partial charge is 0.304 e. The maximum Gasteiger partial charge on any atom is 0.304 e.